The lowest BCUT2D eigenvalue weighted by Crippen LogP contribution is -2.37. The normalized spacial score (nSPS) is 11.1. The number of anilines is 2. The first-order valence-corrected chi connectivity index (χ1v) is 9.58. The van der Waals surface area contributed by atoms with Gasteiger partial charge in [-0.1, -0.05) is 6.07 Å². The Bertz CT molecular complexity index is 930. The molecule has 9 heteroatoms. The van der Waals surface area contributed by atoms with E-state index >= 15 is 0 Å². The van der Waals surface area contributed by atoms with Crippen molar-refractivity contribution < 1.29 is 22.4 Å². The highest BCUT2D eigenvalue weighted by Crippen LogP contribution is 2.16. The molecule has 2 aromatic rings. The first-order chi connectivity index (χ1) is 12.7. The number of benzene rings is 2. The molecule has 2 N–H and O–H groups in total. The van der Waals surface area contributed by atoms with Gasteiger partial charge in [0, 0.05) is 38.3 Å². The van der Waals surface area contributed by atoms with Gasteiger partial charge in [0.2, 0.25) is 21.8 Å². The van der Waals surface area contributed by atoms with Gasteiger partial charge in [-0.15, -0.1) is 0 Å². The second-order valence-electron chi connectivity index (χ2n) is 5.75. The third kappa shape index (κ3) is 5.87. The molecule has 7 nitrogen and oxygen atoms in total. The Balaban J connectivity index is 2.03. The van der Waals surface area contributed by atoms with E-state index in [4.69, 9.17) is 0 Å². The number of rotatable bonds is 7. The van der Waals surface area contributed by atoms with Crippen molar-refractivity contribution in [3.8, 4) is 0 Å². The van der Waals surface area contributed by atoms with Gasteiger partial charge in [-0.25, -0.2) is 17.5 Å². The third-order valence-corrected chi connectivity index (χ3v) is 5.09. The van der Waals surface area contributed by atoms with Crippen LogP contribution in [0, 0.1) is 5.82 Å². The molecule has 0 fully saturated rings. The van der Waals surface area contributed by atoms with Crippen LogP contribution in [0.3, 0.4) is 0 Å². The van der Waals surface area contributed by atoms with E-state index in [1.165, 1.54) is 61.2 Å². The smallest absolute Gasteiger partial charge is 0.240 e. The van der Waals surface area contributed by atoms with Crippen LogP contribution in [-0.2, 0) is 19.6 Å². The van der Waals surface area contributed by atoms with E-state index < -0.39 is 15.8 Å². The van der Waals surface area contributed by atoms with Gasteiger partial charge in [0.25, 0.3) is 0 Å². The highest BCUT2D eigenvalue weighted by atomic mass is 32.2. The summed E-state index contributed by atoms with van der Waals surface area (Å²) >= 11 is 0. The lowest BCUT2D eigenvalue weighted by molar-refractivity contribution is -0.116. The van der Waals surface area contributed by atoms with Crippen molar-refractivity contribution in [2.45, 2.75) is 18.7 Å². The Hall–Kier alpha value is -2.78. The summed E-state index contributed by atoms with van der Waals surface area (Å²) in [5.74, 6) is -1.08. The highest BCUT2D eigenvalue weighted by molar-refractivity contribution is 7.89. The molecule has 0 saturated heterocycles. The van der Waals surface area contributed by atoms with Crippen LogP contribution in [-0.4, -0.2) is 33.3 Å². The van der Waals surface area contributed by atoms with Gasteiger partial charge in [-0.3, -0.25) is 9.59 Å². The minimum absolute atomic E-state index is 0.0248. The van der Waals surface area contributed by atoms with Gasteiger partial charge in [-0.05, 0) is 42.5 Å². The highest BCUT2D eigenvalue weighted by Gasteiger charge is 2.16. The molecule has 27 heavy (non-hydrogen) atoms. The Kier molecular flexibility index (Phi) is 6.65. The Morgan fingerprint density at radius 1 is 1.07 bits per heavy atom. The maximum absolute atomic E-state index is 13.4. The largest absolute Gasteiger partial charge is 0.326 e. The zero-order chi connectivity index (χ0) is 20.0. The summed E-state index contributed by atoms with van der Waals surface area (Å²) in [6, 6.07) is 11.2. The second-order valence-corrected chi connectivity index (χ2v) is 7.52. The molecule has 0 bridgehead atoms. The summed E-state index contributed by atoms with van der Waals surface area (Å²) < 4.78 is 40.5. The van der Waals surface area contributed by atoms with E-state index in [0.717, 1.165) is 0 Å². The van der Waals surface area contributed by atoms with Crippen molar-refractivity contribution in [3.63, 3.8) is 0 Å². The lowest BCUT2D eigenvalue weighted by Gasteiger charge is -2.21. The minimum Gasteiger partial charge on any atom is -0.326 e. The van der Waals surface area contributed by atoms with Crippen molar-refractivity contribution in [1.29, 1.82) is 0 Å². The standard InChI is InChI=1S/C18H20FN3O4S/c1-13(23)21-16-6-8-18(9-7-16)27(25,26)20-10-11-22(14(2)24)17-5-3-4-15(19)12-17/h3-9,12,20H,10-11H2,1-2H3,(H,21,23). The summed E-state index contributed by atoms with van der Waals surface area (Å²) in [7, 11) is -3.79. The third-order valence-electron chi connectivity index (χ3n) is 3.61. The van der Waals surface area contributed by atoms with Gasteiger partial charge in [0.1, 0.15) is 5.82 Å². The van der Waals surface area contributed by atoms with Crippen LogP contribution in [0.4, 0.5) is 15.8 Å². The van der Waals surface area contributed by atoms with E-state index in [-0.39, 0.29) is 29.8 Å². The number of nitrogens with zero attached hydrogens (tertiary/aromatic N) is 1. The number of hydrogen-bond acceptors (Lipinski definition) is 4. The van der Waals surface area contributed by atoms with Crippen LogP contribution in [0.25, 0.3) is 0 Å². The van der Waals surface area contributed by atoms with Gasteiger partial charge >= 0.3 is 0 Å². The molecule has 0 unspecified atom stereocenters. The average Bonchev–Trinajstić information content (AvgIpc) is 2.58. The first kappa shape index (κ1) is 20.5. The number of nitrogens with one attached hydrogen (secondary N) is 2. The molecule has 0 heterocycles. The zero-order valence-corrected chi connectivity index (χ0v) is 15.7. The molecule has 0 atom stereocenters. The maximum Gasteiger partial charge on any atom is 0.240 e. The van der Waals surface area contributed by atoms with Gasteiger partial charge in [0.15, 0.2) is 0 Å². The first-order valence-electron chi connectivity index (χ1n) is 8.10. The molecule has 0 saturated carbocycles. The SMILES string of the molecule is CC(=O)Nc1ccc(S(=O)(=O)NCCN(C(C)=O)c2cccc(F)c2)cc1. The number of sulfonamides is 1. The van der Waals surface area contributed by atoms with Crippen molar-refractivity contribution >= 4 is 33.2 Å². The zero-order valence-electron chi connectivity index (χ0n) is 14.9. The van der Waals surface area contributed by atoms with E-state index in [1.54, 1.807) is 6.07 Å². The predicted octanol–water partition coefficient (Wildman–Crippen LogP) is 2.12. The number of amides is 2. The number of carbonyl (C=O) groups is 2. The van der Waals surface area contributed by atoms with Crippen molar-refractivity contribution in [2.75, 3.05) is 23.3 Å². The van der Waals surface area contributed by atoms with Crippen LogP contribution in [0.1, 0.15) is 13.8 Å². The predicted molar refractivity (Wildman–Crippen MR) is 100 cm³/mol. The fourth-order valence-corrected chi connectivity index (χ4v) is 3.43. The Labute approximate surface area is 157 Å². The Morgan fingerprint density at radius 2 is 1.74 bits per heavy atom. The molecular formula is C18H20FN3O4S. The van der Waals surface area contributed by atoms with Crippen molar-refractivity contribution in [2.24, 2.45) is 0 Å². The minimum atomic E-state index is -3.79. The molecule has 0 radical (unpaired) electrons. The second kappa shape index (κ2) is 8.74. The van der Waals surface area contributed by atoms with Crippen LogP contribution < -0.4 is 14.9 Å². The molecule has 0 aliphatic carbocycles. The number of carbonyl (C=O) groups excluding carboxylic acids is 2. The van der Waals surface area contributed by atoms with Gasteiger partial charge in [0.05, 0.1) is 4.90 Å². The molecule has 2 aromatic carbocycles. The monoisotopic (exact) mass is 393 g/mol. The summed E-state index contributed by atoms with van der Waals surface area (Å²) in [6.07, 6.45) is 0. The molecule has 2 amide bonds. The summed E-state index contributed by atoms with van der Waals surface area (Å²) in [5.41, 5.74) is 0.830. The fraction of sp³-hybridized carbons (Fsp3) is 0.222. The molecule has 0 aliphatic heterocycles. The van der Waals surface area contributed by atoms with Crippen LogP contribution >= 0.6 is 0 Å². The van der Waals surface area contributed by atoms with E-state index in [2.05, 4.69) is 10.0 Å². The summed E-state index contributed by atoms with van der Waals surface area (Å²) in [6.45, 7) is 2.67. The van der Waals surface area contributed by atoms with E-state index in [1.807, 2.05) is 0 Å². The van der Waals surface area contributed by atoms with E-state index in [0.29, 0.717) is 11.4 Å². The summed E-state index contributed by atoms with van der Waals surface area (Å²) in [4.78, 5) is 24.1. The molecule has 0 aliphatic rings. The van der Waals surface area contributed by atoms with Crippen molar-refractivity contribution in [1.82, 2.24) is 4.72 Å². The van der Waals surface area contributed by atoms with Crippen molar-refractivity contribution in [3.05, 3.63) is 54.3 Å². The molecule has 0 spiro atoms. The summed E-state index contributed by atoms with van der Waals surface area (Å²) in [5, 5.41) is 2.55. The molecule has 2 rings (SSSR count). The lowest BCUT2D eigenvalue weighted by atomic mass is 10.2. The fourth-order valence-electron chi connectivity index (χ4n) is 2.41. The van der Waals surface area contributed by atoms with Gasteiger partial charge < -0.3 is 10.2 Å². The maximum atomic E-state index is 13.4. The number of halogens is 1. The van der Waals surface area contributed by atoms with Gasteiger partial charge in [-0.2, -0.15) is 0 Å². The molecule has 144 valence electrons. The Morgan fingerprint density at radius 3 is 2.30 bits per heavy atom. The van der Waals surface area contributed by atoms with Crippen LogP contribution in [0.15, 0.2) is 53.4 Å². The van der Waals surface area contributed by atoms with Crippen LogP contribution in [0.2, 0.25) is 0 Å². The molecular weight excluding hydrogens is 373 g/mol. The topological polar surface area (TPSA) is 95.6 Å². The quantitative estimate of drug-likeness (QED) is 0.753. The molecule has 0 aromatic heterocycles. The average molecular weight is 393 g/mol. The van der Waals surface area contributed by atoms with Crippen LogP contribution in [0.5, 0.6) is 0 Å². The van der Waals surface area contributed by atoms with E-state index in [9.17, 15) is 22.4 Å². The number of hydrogen-bond donors (Lipinski definition) is 2.